The number of carboxylic acid groups (broad SMARTS) is 1. The first-order valence-corrected chi connectivity index (χ1v) is 6.84. The Morgan fingerprint density at radius 2 is 1.95 bits per heavy atom. The lowest BCUT2D eigenvalue weighted by Gasteiger charge is -2.35. The number of hydrogen-bond acceptors (Lipinski definition) is 4. The average Bonchev–Trinajstić information content (AvgIpc) is 2.82. The van der Waals surface area contributed by atoms with Crippen LogP contribution >= 0.6 is 0 Å². The molecule has 2 aliphatic rings. The van der Waals surface area contributed by atoms with Crippen LogP contribution in [-0.4, -0.2) is 60.3 Å². The Bertz CT molecular complexity index is 361. The fraction of sp³-hybridized carbons (Fsp3) is 0.846. The average molecular weight is 270 g/mol. The fourth-order valence-electron chi connectivity index (χ4n) is 2.86. The molecule has 0 aromatic carbocycles. The van der Waals surface area contributed by atoms with Crippen molar-refractivity contribution < 1.29 is 19.4 Å². The van der Waals surface area contributed by atoms with Gasteiger partial charge >= 0.3 is 5.97 Å². The van der Waals surface area contributed by atoms with Crippen LogP contribution in [0.5, 0.6) is 0 Å². The zero-order valence-corrected chi connectivity index (χ0v) is 11.5. The van der Waals surface area contributed by atoms with Gasteiger partial charge in [-0.05, 0) is 38.8 Å². The molecule has 0 aliphatic carbocycles. The summed E-state index contributed by atoms with van der Waals surface area (Å²) in [6.45, 7) is 4.06. The number of rotatable bonds is 3. The highest BCUT2D eigenvalue weighted by molar-refractivity contribution is 5.82. The highest BCUT2D eigenvalue weighted by Gasteiger charge is 2.36. The number of hydrogen-bond donors (Lipinski definition) is 2. The predicted octanol–water partition coefficient (Wildman–Crippen LogP) is 0.0750. The molecule has 0 aromatic heterocycles. The quantitative estimate of drug-likeness (QED) is 0.759. The summed E-state index contributed by atoms with van der Waals surface area (Å²) >= 11 is 0. The van der Waals surface area contributed by atoms with Crippen LogP contribution in [0.3, 0.4) is 0 Å². The topological polar surface area (TPSA) is 78.9 Å². The van der Waals surface area contributed by atoms with Gasteiger partial charge in [0, 0.05) is 12.6 Å². The Morgan fingerprint density at radius 3 is 2.53 bits per heavy atom. The molecule has 6 nitrogen and oxygen atoms in total. The number of piperidine rings is 1. The summed E-state index contributed by atoms with van der Waals surface area (Å²) < 4.78 is 5.26. The number of aliphatic carboxylic acids is 1. The van der Waals surface area contributed by atoms with E-state index < -0.39 is 18.2 Å². The van der Waals surface area contributed by atoms with E-state index in [1.54, 1.807) is 0 Å². The second-order valence-electron chi connectivity index (χ2n) is 5.67. The maximum Gasteiger partial charge on any atom is 0.332 e. The van der Waals surface area contributed by atoms with E-state index in [4.69, 9.17) is 9.84 Å². The lowest BCUT2D eigenvalue weighted by Crippen LogP contribution is -2.51. The molecule has 2 aliphatic heterocycles. The van der Waals surface area contributed by atoms with E-state index in [2.05, 4.69) is 24.2 Å². The molecule has 2 rings (SSSR count). The molecule has 0 radical (unpaired) electrons. The standard InChI is InChI=1S/C13H22N2O4/c1-8-7-15(2)6-5-9(8)14-12(16)10-3-4-11(19-10)13(17)18/h8-11H,3-7H2,1-2H3,(H,14,16)(H,17,18)/t8?,9?,10-,11+/m0/s1. The van der Waals surface area contributed by atoms with E-state index in [-0.39, 0.29) is 11.9 Å². The Morgan fingerprint density at radius 1 is 1.26 bits per heavy atom. The molecule has 108 valence electrons. The zero-order chi connectivity index (χ0) is 14.0. The van der Waals surface area contributed by atoms with Crippen LogP contribution in [0.4, 0.5) is 0 Å². The molecule has 2 fully saturated rings. The maximum absolute atomic E-state index is 12.1. The third kappa shape index (κ3) is 3.45. The number of nitrogens with one attached hydrogen (secondary N) is 1. The van der Waals surface area contributed by atoms with E-state index in [9.17, 15) is 9.59 Å². The number of likely N-dealkylation sites (tertiary alicyclic amines) is 1. The molecular weight excluding hydrogens is 248 g/mol. The molecule has 0 bridgehead atoms. The van der Waals surface area contributed by atoms with E-state index >= 15 is 0 Å². The van der Waals surface area contributed by atoms with Crippen molar-refractivity contribution >= 4 is 11.9 Å². The van der Waals surface area contributed by atoms with E-state index in [0.29, 0.717) is 18.8 Å². The van der Waals surface area contributed by atoms with E-state index in [1.807, 2.05) is 0 Å². The molecule has 2 N–H and O–H groups in total. The van der Waals surface area contributed by atoms with Crippen molar-refractivity contribution in [2.75, 3.05) is 20.1 Å². The van der Waals surface area contributed by atoms with Crippen LogP contribution in [0, 0.1) is 5.92 Å². The number of carbonyl (C=O) groups excluding carboxylic acids is 1. The highest BCUT2D eigenvalue weighted by Crippen LogP contribution is 2.21. The highest BCUT2D eigenvalue weighted by atomic mass is 16.5. The van der Waals surface area contributed by atoms with Crippen LogP contribution in [0.15, 0.2) is 0 Å². The number of carbonyl (C=O) groups is 2. The molecule has 2 saturated heterocycles. The van der Waals surface area contributed by atoms with Gasteiger partial charge in [-0.15, -0.1) is 0 Å². The van der Waals surface area contributed by atoms with E-state index in [1.165, 1.54) is 0 Å². The Hall–Kier alpha value is -1.14. The van der Waals surface area contributed by atoms with Gasteiger partial charge in [0.05, 0.1) is 0 Å². The van der Waals surface area contributed by atoms with Gasteiger partial charge < -0.3 is 20.1 Å². The van der Waals surface area contributed by atoms with Crippen molar-refractivity contribution in [3.05, 3.63) is 0 Å². The van der Waals surface area contributed by atoms with Gasteiger partial charge in [-0.1, -0.05) is 6.92 Å². The molecule has 2 heterocycles. The summed E-state index contributed by atoms with van der Waals surface area (Å²) in [4.78, 5) is 25.1. The van der Waals surface area contributed by atoms with Crippen molar-refractivity contribution in [1.29, 1.82) is 0 Å². The number of amides is 1. The summed E-state index contributed by atoms with van der Waals surface area (Å²) in [5, 5.41) is 11.9. The summed E-state index contributed by atoms with van der Waals surface area (Å²) in [5.41, 5.74) is 0. The summed E-state index contributed by atoms with van der Waals surface area (Å²) in [7, 11) is 2.08. The van der Waals surface area contributed by atoms with Crippen molar-refractivity contribution in [3.8, 4) is 0 Å². The first-order chi connectivity index (χ1) is 8.97. The van der Waals surface area contributed by atoms with Crippen molar-refractivity contribution in [2.45, 2.75) is 44.4 Å². The lowest BCUT2D eigenvalue weighted by atomic mass is 9.94. The molecule has 2 unspecified atom stereocenters. The predicted molar refractivity (Wildman–Crippen MR) is 68.7 cm³/mol. The second kappa shape index (κ2) is 5.88. The monoisotopic (exact) mass is 270 g/mol. The van der Waals surface area contributed by atoms with Crippen LogP contribution in [0.2, 0.25) is 0 Å². The number of ether oxygens (including phenoxy) is 1. The molecule has 6 heteroatoms. The number of carboxylic acids is 1. The molecular formula is C13H22N2O4. The SMILES string of the molecule is CC1CN(C)CCC1NC(=O)[C@@H]1CC[C@H](C(=O)O)O1. The summed E-state index contributed by atoms with van der Waals surface area (Å²) in [5.74, 6) is -0.743. The van der Waals surface area contributed by atoms with Crippen molar-refractivity contribution in [3.63, 3.8) is 0 Å². The normalized spacial score (nSPS) is 36.1. The minimum Gasteiger partial charge on any atom is -0.479 e. The molecule has 4 atom stereocenters. The van der Waals surface area contributed by atoms with Gasteiger partial charge in [0.2, 0.25) is 5.91 Å². The smallest absolute Gasteiger partial charge is 0.332 e. The fourth-order valence-corrected chi connectivity index (χ4v) is 2.86. The first-order valence-electron chi connectivity index (χ1n) is 6.84. The van der Waals surface area contributed by atoms with Crippen LogP contribution in [-0.2, 0) is 14.3 Å². The molecule has 0 spiro atoms. The van der Waals surface area contributed by atoms with Crippen LogP contribution in [0.1, 0.15) is 26.2 Å². The van der Waals surface area contributed by atoms with Crippen molar-refractivity contribution in [2.24, 2.45) is 5.92 Å². The molecule has 19 heavy (non-hydrogen) atoms. The first kappa shape index (κ1) is 14.3. The Kier molecular flexibility index (Phi) is 4.42. The maximum atomic E-state index is 12.1. The largest absolute Gasteiger partial charge is 0.479 e. The Balaban J connectivity index is 1.83. The summed E-state index contributed by atoms with van der Waals surface area (Å²) in [6, 6.07) is 0.163. The van der Waals surface area contributed by atoms with Gasteiger partial charge in [0.25, 0.3) is 0 Å². The van der Waals surface area contributed by atoms with Gasteiger partial charge in [-0.2, -0.15) is 0 Å². The zero-order valence-electron chi connectivity index (χ0n) is 11.5. The van der Waals surface area contributed by atoms with Gasteiger partial charge in [-0.25, -0.2) is 4.79 Å². The lowest BCUT2D eigenvalue weighted by molar-refractivity contribution is -0.152. The van der Waals surface area contributed by atoms with E-state index in [0.717, 1.165) is 19.5 Å². The summed E-state index contributed by atoms with van der Waals surface area (Å²) in [6.07, 6.45) is 0.400. The molecule has 0 saturated carbocycles. The minimum absolute atomic E-state index is 0.162. The van der Waals surface area contributed by atoms with Gasteiger partial charge in [0.15, 0.2) is 6.10 Å². The second-order valence-corrected chi connectivity index (χ2v) is 5.67. The minimum atomic E-state index is -0.983. The molecule has 0 aromatic rings. The van der Waals surface area contributed by atoms with Gasteiger partial charge in [0.1, 0.15) is 6.10 Å². The van der Waals surface area contributed by atoms with Crippen LogP contribution < -0.4 is 5.32 Å². The third-order valence-corrected chi connectivity index (χ3v) is 4.02. The molecule has 1 amide bonds. The van der Waals surface area contributed by atoms with Crippen LogP contribution in [0.25, 0.3) is 0 Å². The number of nitrogens with zero attached hydrogens (tertiary/aromatic N) is 1. The third-order valence-electron chi connectivity index (χ3n) is 4.02. The Labute approximate surface area is 113 Å². The van der Waals surface area contributed by atoms with Gasteiger partial charge in [-0.3, -0.25) is 4.79 Å². The van der Waals surface area contributed by atoms with Crippen molar-refractivity contribution in [1.82, 2.24) is 10.2 Å².